The second-order valence-corrected chi connectivity index (χ2v) is 7.99. The van der Waals surface area contributed by atoms with Gasteiger partial charge in [-0.3, -0.25) is 19.9 Å². The summed E-state index contributed by atoms with van der Waals surface area (Å²) < 4.78 is 35.0. The molecule has 4 atom stereocenters. The predicted molar refractivity (Wildman–Crippen MR) is 101 cm³/mol. The maximum Gasteiger partial charge on any atom is 0.264 e. The van der Waals surface area contributed by atoms with Crippen molar-refractivity contribution < 1.29 is 18.3 Å². The number of nitrogens with one attached hydrogen (secondary N) is 2. The monoisotopic (exact) mass is 394 g/mol. The Bertz CT molecular complexity index is 690. The van der Waals surface area contributed by atoms with Crippen molar-refractivity contribution in [2.24, 2.45) is 0 Å². The van der Waals surface area contributed by atoms with Crippen molar-refractivity contribution in [3.8, 4) is 0 Å². The van der Waals surface area contributed by atoms with Crippen LogP contribution in [-0.4, -0.2) is 72.5 Å². The van der Waals surface area contributed by atoms with E-state index in [0.29, 0.717) is 13.0 Å². The topological polar surface area (TPSA) is 56.8 Å². The molecule has 1 aromatic carbocycles. The molecule has 0 aromatic heterocycles. The van der Waals surface area contributed by atoms with E-state index in [1.165, 1.54) is 0 Å². The van der Waals surface area contributed by atoms with Crippen LogP contribution in [0.15, 0.2) is 30.3 Å². The lowest BCUT2D eigenvalue weighted by Crippen LogP contribution is -2.69. The van der Waals surface area contributed by atoms with E-state index in [1.54, 1.807) is 4.90 Å². The number of amides is 1. The van der Waals surface area contributed by atoms with Crippen LogP contribution in [0.25, 0.3) is 0 Å². The minimum absolute atomic E-state index is 0.0981. The van der Waals surface area contributed by atoms with Gasteiger partial charge >= 0.3 is 0 Å². The average Bonchev–Trinajstić information content (AvgIpc) is 2.97. The van der Waals surface area contributed by atoms with Gasteiger partial charge in [0.2, 0.25) is 5.91 Å². The highest BCUT2D eigenvalue weighted by Gasteiger charge is 2.52. The molecule has 0 spiro atoms. The smallest absolute Gasteiger partial charge is 0.264 e. The van der Waals surface area contributed by atoms with Crippen molar-refractivity contribution in [2.45, 2.75) is 56.7 Å². The summed E-state index contributed by atoms with van der Waals surface area (Å²) in [5.74, 6) is -2.90. The number of hydrogen-bond acceptors (Lipinski definition) is 5. The van der Waals surface area contributed by atoms with Gasteiger partial charge in [-0.25, -0.2) is 8.78 Å². The molecule has 2 N–H and O–H groups in total. The molecule has 8 heteroatoms. The maximum atomic E-state index is 14.7. The van der Waals surface area contributed by atoms with E-state index in [-0.39, 0.29) is 37.6 Å². The number of carbonyl (C=O) groups excluding carboxylic acids is 1. The Balaban J connectivity index is 1.50. The van der Waals surface area contributed by atoms with E-state index < -0.39 is 18.3 Å². The first-order valence-electron chi connectivity index (χ1n) is 10.0. The van der Waals surface area contributed by atoms with Crippen LogP contribution in [-0.2, 0) is 16.0 Å². The van der Waals surface area contributed by atoms with Gasteiger partial charge in [-0.05, 0) is 18.9 Å². The molecule has 2 unspecified atom stereocenters. The average molecular weight is 394 g/mol. The molecule has 3 aliphatic heterocycles. The van der Waals surface area contributed by atoms with Crippen molar-refractivity contribution in [2.75, 3.05) is 26.2 Å². The molecule has 6 nitrogen and oxygen atoms in total. The highest BCUT2D eigenvalue weighted by molar-refractivity contribution is 5.77. The Morgan fingerprint density at radius 3 is 2.79 bits per heavy atom. The first kappa shape index (κ1) is 19.7. The number of carbonyl (C=O) groups is 1. The fourth-order valence-corrected chi connectivity index (χ4v) is 4.47. The molecule has 3 saturated heterocycles. The second-order valence-electron chi connectivity index (χ2n) is 7.99. The minimum atomic E-state index is -2.79. The van der Waals surface area contributed by atoms with E-state index in [1.807, 2.05) is 37.3 Å². The van der Waals surface area contributed by atoms with Gasteiger partial charge in [0.05, 0.1) is 31.3 Å². The largest absolute Gasteiger partial charge is 0.376 e. The minimum Gasteiger partial charge on any atom is -0.376 e. The van der Waals surface area contributed by atoms with Crippen LogP contribution >= 0.6 is 0 Å². The van der Waals surface area contributed by atoms with Gasteiger partial charge < -0.3 is 10.1 Å². The number of benzene rings is 1. The Morgan fingerprint density at radius 2 is 2.04 bits per heavy atom. The Kier molecular flexibility index (Phi) is 5.64. The molecule has 0 aliphatic carbocycles. The molecular weight excluding hydrogens is 366 g/mol. The second kappa shape index (κ2) is 8.02. The lowest BCUT2D eigenvalue weighted by atomic mass is 10.0. The van der Waals surface area contributed by atoms with Crippen LogP contribution in [0.1, 0.15) is 25.3 Å². The van der Waals surface area contributed by atoms with Crippen LogP contribution < -0.4 is 10.6 Å². The summed E-state index contributed by atoms with van der Waals surface area (Å²) in [4.78, 5) is 16.3. The van der Waals surface area contributed by atoms with Gasteiger partial charge in [-0.1, -0.05) is 30.3 Å². The normalized spacial score (nSPS) is 34.3. The number of halogens is 2. The van der Waals surface area contributed by atoms with Gasteiger partial charge in [0, 0.05) is 26.1 Å². The number of rotatable bonds is 4. The van der Waals surface area contributed by atoms with Gasteiger partial charge in [-0.15, -0.1) is 0 Å². The third-order valence-electron chi connectivity index (χ3n) is 5.93. The molecule has 3 aliphatic rings. The van der Waals surface area contributed by atoms with Crippen LogP contribution in [0.3, 0.4) is 0 Å². The van der Waals surface area contributed by atoms with Crippen molar-refractivity contribution >= 4 is 5.91 Å². The Morgan fingerprint density at radius 1 is 1.25 bits per heavy atom. The zero-order valence-electron chi connectivity index (χ0n) is 16.1. The van der Waals surface area contributed by atoms with E-state index in [4.69, 9.17) is 4.74 Å². The Hall–Kier alpha value is -1.61. The zero-order chi connectivity index (χ0) is 19.7. The number of morpholine rings is 1. The number of alkyl halides is 2. The molecule has 1 aromatic rings. The van der Waals surface area contributed by atoms with E-state index in [2.05, 4.69) is 15.5 Å². The fourth-order valence-electron chi connectivity index (χ4n) is 4.47. The lowest BCUT2D eigenvalue weighted by Gasteiger charge is -2.45. The quantitative estimate of drug-likeness (QED) is 0.808. The molecule has 4 rings (SSSR count). The first-order valence-corrected chi connectivity index (χ1v) is 10.0. The van der Waals surface area contributed by atoms with E-state index >= 15 is 0 Å². The summed E-state index contributed by atoms with van der Waals surface area (Å²) in [5.41, 5.74) is 0.875. The van der Waals surface area contributed by atoms with Crippen LogP contribution in [0.4, 0.5) is 8.78 Å². The summed E-state index contributed by atoms with van der Waals surface area (Å²) >= 11 is 0. The highest BCUT2D eigenvalue weighted by atomic mass is 19.3. The number of hydrogen-bond donors (Lipinski definition) is 2. The fraction of sp³-hybridized carbons (Fsp3) is 0.650. The maximum absolute atomic E-state index is 14.7. The molecule has 0 saturated carbocycles. The summed E-state index contributed by atoms with van der Waals surface area (Å²) in [7, 11) is 0. The molecule has 3 heterocycles. The third kappa shape index (κ3) is 4.20. The first-order chi connectivity index (χ1) is 13.4. The van der Waals surface area contributed by atoms with E-state index in [9.17, 15) is 13.6 Å². The van der Waals surface area contributed by atoms with Gasteiger partial charge in [-0.2, -0.15) is 0 Å². The SMILES string of the molecule is C[C@@H]1CN(C2CC(=O)NC(N3CCC(F)(F)[C@@H]3Cc3ccccc3)N2)CCO1. The predicted octanol–water partition coefficient (Wildman–Crippen LogP) is 1.38. The summed E-state index contributed by atoms with van der Waals surface area (Å²) in [6.07, 6.45) is -0.292. The van der Waals surface area contributed by atoms with Gasteiger partial charge in [0.1, 0.15) is 6.29 Å². The number of nitrogens with zero attached hydrogens (tertiary/aromatic N) is 2. The zero-order valence-corrected chi connectivity index (χ0v) is 16.1. The molecule has 0 bridgehead atoms. The molecule has 1 amide bonds. The van der Waals surface area contributed by atoms with Crippen molar-refractivity contribution in [3.05, 3.63) is 35.9 Å². The van der Waals surface area contributed by atoms with Gasteiger partial charge in [0.25, 0.3) is 5.92 Å². The Labute approximate surface area is 164 Å². The van der Waals surface area contributed by atoms with Gasteiger partial charge in [0.15, 0.2) is 0 Å². The number of likely N-dealkylation sites (tertiary alicyclic amines) is 1. The highest BCUT2D eigenvalue weighted by Crippen LogP contribution is 2.37. The van der Waals surface area contributed by atoms with E-state index in [0.717, 1.165) is 18.7 Å². The molecule has 154 valence electrons. The molecule has 28 heavy (non-hydrogen) atoms. The molecular formula is C20H28F2N4O2. The van der Waals surface area contributed by atoms with Crippen LogP contribution in [0, 0.1) is 0 Å². The summed E-state index contributed by atoms with van der Waals surface area (Å²) in [6, 6.07) is 8.40. The van der Waals surface area contributed by atoms with Crippen molar-refractivity contribution in [1.82, 2.24) is 20.4 Å². The molecule has 3 fully saturated rings. The number of ether oxygens (including phenoxy) is 1. The van der Waals surface area contributed by atoms with Crippen LogP contribution in [0.5, 0.6) is 0 Å². The lowest BCUT2D eigenvalue weighted by molar-refractivity contribution is -0.134. The standard InChI is InChI=1S/C20H28F2N4O2/c1-14-13-25(9-10-28-14)17-12-18(27)24-19(23-17)26-8-7-20(21,22)16(26)11-15-5-3-2-4-6-15/h2-6,14,16-17,19,23H,7-13H2,1H3,(H,24,27)/t14-,16+,17?,19?/m1/s1. The molecule has 0 radical (unpaired) electrons. The van der Waals surface area contributed by atoms with Crippen molar-refractivity contribution in [3.63, 3.8) is 0 Å². The summed E-state index contributed by atoms with van der Waals surface area (Å²) in [5, 5.41) is 6.28. The van der Waals surface area contributed by atoms with Crippen molar-refractivity contribution in [1.29, 1.82) is 0 Å². The van der Waals surface area contributed by atoms with Crippen LogP contribution in [0.2, 0.25) is 0 Å². The summed E-state index contributed by atoms with van der Waals surface area (Å²) in [6.45, 7) is 4.31. The third-order valence-corrected chi connectivity index (χ3v) is 5.93.